The molecule has 1 heterocycles. The molecule has 0 saturated carbocycles. The zero-order chi connectivity index (χ0) is 18.1. The van der Waals surface area contributed by atoms with Crippen LogP contribution >= 0.6 is 0 Å². The lowest BCUT2D eigenvalue weighted by molar-refractivity contribution is -0.118. The van der Waals surface area contributed by atoms with Crippen LogP contribution in [0.5, 0.6) is 0 Å². The summed E-state index contributed by atoms with van der Waals surface area (Å²) in [6.45, 7) is 9.71. The van der Waals surface area contributed by atoms with Gasteiger partial charge in [-0.15, -0.1) is 0 Å². The van der Waals surface area contributed by atoms with Crippen LogP contribution in [-0.4, -0.2) is 30.8 Å². The Labute approximate surface area is 143 Å². The monoisotopic (exact) mass is 331 g/mol. The molecule has 0 aromatic heterocycles. The molecular formula is C17H26BN3O3. The van der Waals surface area contributed by atoms with Crippen molar-refractivity contribution in [1.29, 1.82) is 0 Å². The van der Waals surface area contributed by atoms with Crippen LogP contribution in [0.2, 0.25) is 0 Å². The summed E-state index contributed by atoms with van der Waals surface area (Å²) in [6.07, 6.45) is 1.86. The fraction of sp³-hybridized carbons (Fsp3) is 0.471. The zero-order valence-corrected chi connectivity index (χ0v) is 15.0. The summed E-state index contributed by atoms with van der Waals surface area (Å²) in [6, 6.07) is 5.44. The fourth-order valence-corrected chi connectivity index (χ4v) is 2.35. The Balaban J connectivity index is 2.37. The number of amides is 1. The van der Waals surface area contributed by atoms with Crippen molar-refractivity contribution in [3.63, 3.8) is 0 Å². The van der Waals surface area contributed by atoms with E-state index in [1.54, 1.807) is 6.07 Å². The molecule has 7 heteroatoms. The van der Waals surface area contributed by atoms with Crippen molar-refractivity contribution in [1.82, 2.24) is 5.32 Å². The van der Waals surface area contributed by atoms with E-state index >= 15 is 0 Å². The molecule has 0 spiro atoms. The molecule has 130 valence electrons. The van der Waals surface area contributed by atoms with Crippen molar-refractivity contribution in [2.45, 2.75) is 45.8 Å². The molecule has 0 unspecified atom stereocenters. The van der Waals surface area contributed by atoms with Gasteiger partial charge in [0.2, 0.25) is 5.91 Å². The van der Waals surface area contributed by atoms with Crippen LogP contribution < -0.4 is 16.8 Å². The minimum Gasteiger partial charge on any atom is -0.400 e. The number of nitrogens with one attached hydrogen (secondary N) is 1. The largest absolute Gasteiger partial charge is 0.492 e. The number of anilines is 2. The van der Waals surface area contributed by atoms with E-state index in [0.29, 0.717) is 17.9 Å². The molecule has 0 aliphatic carbocycles. The predicted octanol–water partition coefficient (Wildman–Crippen LogP) is 2.00. The topological polar surface area (TPSA) is 99.6 Å². The first-order chi connectivity index (χ1) is 11.0. The van der Waals surface area contributed by atoms with Gasteiger partial charge in [-0.2, -0.15) is 0 Å². The van der Waals surface area contributed by atoms with Crippen molar-refractivity contribution in [3.05, 3.63) is 29.2 Å². The lowest BCUT2D eigenvalue weighted by Gasteiger charge is -2.32. The van der Waals surface area contributed by atoms with Crippen LogP contribution in [0.4, 0.5) is 11.4 Å². The number of para-hydroxylation sites is 1. The summed E-state index contributed by atoms with van der Waals surface area (Å²) in [4.78, 5) is 11.3. The molecule has 1 amide bonds. The summed E-state index contributed by atoms with van der Waals surface area (Å²) in [5.41, 5.74) is 13.5. The van der Waals surface area contributed by atoms with E-state index < -0.39 is 18.3 Å². The van der Waals surface area contributed by atoms with Gasteiger partial charge in [0, 0.05) is 13.5 Å². The molecule has 1 aromatic rings. The van der Waals surface area contributed by atoms with Gasteiger partial charge in [-0.1, -0.05) is 18.2 Å². The highest BCUT2D eigenvalue weighted by atomic mass is 16.7. The van der Waals surface area contributed by atoms with Gasteiger partial charge in [-0.25, -0.2) is 0 Å². The highest BCUT2D eigenvalue weighted by Gasteiger charge is 2.52. The third kappa shape index (κ3) is 3.74. The van der Waals surface area contributed by atoms with Crippen molar-refractivity contribution < 1.29 is 14.1 Å². The third-order valence-electron chi connectivity index (χ3n) is 4.61. The molecule has 1 aliphatic rings. The number of carbonyl (C=O) groups is 1. The van der Waals surface area contributed by atoms with Crippen LogP contribution in [0, 0.1) is 0 Å². The van der Waals surface area contributed by atoms with E-state index in [9.17, 15) is 4.79 Å². The van der Waals surface area contributed by atoms with Gasteiger partial charge in [0.15, 0.2) is 0 Å². The summed E-state index contributed by atoms with van der Waals surface area (Å²) in [5.74, 6) is -0.127. The fourth-order valence-electron chi connectivity index (χ4n) is 2.35. The van der Waals surface area contributed by atoms with Gasteiger partial charge >= 0.3 is 7.12 Å². The summed E-state index contributed by atoms with van der Waals surface area (Å²) in [5, 5.41) is 2.79. The predicted molar refractivity (Wildman–Crippen MR) is 98.0 cm³/mol. The van der Waals surface area contributed by atoms with Crippen molar-refractivity contribution in [2.24, 2.45) is 0 Å². The number of nitrogen functional groups attached to an aromatic ring is 2. The van der Waals surface area contributed by atoms with Gasteiger partial charge in [0.1, 0.15) is 0 Å². The van der Waals surface area contributed by atoms with Crippen LogP contribution in [-0.2, 0) is 14.1 Å². The molecule has 1 saturated heterocycles. The molecular weight excluding hydrogens is 305 g/mol. The van der Waals surface area contributed by atoms with Crippen molar-refractivity contribution in [2.75, 3.05) is 18.0 Å². The first kappa shape index (κ1) is 18.4. The number of carbonyl (C=O) groups excluding carboxylic acids is 1. The van der Waals surface area contributed by atoms with Gasteiger partial charge in [-0.05, 0) is 44.8 Å². The minimum atomic E-state index is -0.567. The normalized spacial score (nSPS) is 19.4. The third-order valence-corrected chi connectivity index (χ3v) is 4.61. The quantitative estimate of drug-likeness (QED) is 0.579. The smallest absolute Gasteiger partial charge is 0.400 e. The van der Waals surface area contributed by atoms with E-state index in [2.05, 4.69) is 5.32 Å². The number of benzene rings is 1. The number of hydrogen-bond donors (Lipinski definition) is 3. The van der Waals surface area contributed by atoms with Gasteiger partial charge in [0.25, 0.3) is 0 Å². The van der Waals surface area contributed by atoms with Crippen molar-refractivity contribution >= 4 is 30.5 Å². The number of hydrogen-bond acceptors (Lipinski definition) is 5. The van der Waals surface area contributed by atoms with E-state index in [4.69, 9.17) is 20.8 Å². The Morgan fingerprint density at radius 2 is 1.79 bits per heavy atom. The van der Waals surface area contributed by atoms with E-state index in [0.717, 1.165) is 11.0 Å². The van der Waals surface area contributed by atoms with Gasteiger partial charge < -0.3 is 26.1 Å². The second-order valence-electron chi connectivity index (χ2n) is 7.07. The Morgan fingerprint density at radius 3 is 2.33 bits per heavy atom. The zero-order valence-electron chi connectivity index (χ0n) is 15.0. The van der Waals surface area contributed by atoms with Crippen LogP contribution in [0.15, 0.2) is 23.7 Å². The second-order valence-corrected chi connectivity index (χ2v) is 7.07. The summed E-state index contributed by atoms with van der Waals surface area (Å²) < 4.78 is 12.2. The standard InChI is InChI=1S/C17H26BN3O3/c1-11(22)21-10-13(9-12-7-6-8-14(19)15(12)20)18-23-16(2,3)17(4,5)24-18/h6-9H,10,19-20H2,1-5H3,(H,21,22). The Hall–Kier alpha value is -1.99. The first-order valence-corrected chi connectivity index (χ1v) is 7.98. The van der Waals surface area contributed by atoms with Gasteiger partial charge in [0.05, 0.1) is 22.6 Å². The summed E-state index contributed by atoms with van der Waals surface area (Å²) >= 11 is 0. The lowest BCUT2D eigenvalue weighted by Crippen LogP contribution is -2.41. The van der Waals surface area contributed by atoms with E-state index in [1.807, 2.05) is 45.9 Å². The Morgan fingerprint density at radius 1 is 1.21 bits per heavy atom. The average Bonchev–Trinajstić information content (AvgIpc) is 2.67. The van der Waals surface area contributed by atoms with E-state index in [-0.39, 0.29) is 5.91 Å². The van der Waals surface area contributed by atoms with E-state index in [1.165, 1.54) is 6.92 Å². The second kappa shape index (κ2) is 6.49. The molecule has 6 nitrogen and oxygen atoms in total. The highest BCUT2D eigenvalue weighted by molar-refractivity contribution is 6.56. The molecule has 5 N–H and O–H groups in total. The maximum Gasteiger partial charge on any atom is 0.492 e. The Kier molecular flexibility index (Phi) is 4.96. The van der Waals surface area contributed by atoms with Crippen LogP contribution in [0.3, 0.4) is 0 Å². The molecule has 24 heavy (non-hydrogen) atoms. The molecule has 2 rings (SSSR count). The number of nitrogens with two attached hydrogens (primary N) is 2. The maximum absolute atomic E-state index is 11.3. The maximum atomic E-state index is 11.3. The molecule has 1 aliphatic heterocycles. The summed E-state index contributed by atoms with van der Waals surface area (Å²) in [7, 11) is -0.567. The molecule has 0 radical (unpaired) electrons. The average molecular weight is 331 g/mol. The van der Waals surface area contributed by atoms with Crippen LogP contribution in [0.1, 0.15) is 40.2 Å². The molecule has 0 bridgehead atoms. The molecule has 0 atom stereocenters. The Bertz CT molecular complexity index is 655. The molecule has 1 fully saturated rings. The SMILES string of the molecule is CC(=O)NCC(=Cc1cccc(N)c1N)B1OC(C)(C)C(C)(C)O1. The number of rotatable bonds is 4. The van der Waals surface area contributed by atoms with Gasteiger partial charge in [-0.3, -0.25) is 4.79 Å². The lowest BCUT2D eigenvalue weighted by atomic mass is 9.76. The van der Waals surface area contributed by atoms with Crippen LogP contribution in [0.25, 0.3) is 6.08 Å². The van der Waals surface area contributed by atoms with Crippen molar-refractivity contribution in [3.8, 4) is 0 Å². The highest BCUT2D eigenvalue weighted by Crippen LogP contribution is 2.39. The minimum absolute atomic E-state index is 0.127. The first-order valence-electron chi connectivity index (χ1n) is 7.98. The molecule has 1 aromatic carbocycles.